The van der Waals surface area contributed by atoms with E-state index in [4.69, 9.17) is 4.74 Å². The third kappa shape index (κ3) is 63.3. The summed E-state index contributed by atoms with van der Waals surface area (Å²) in [5.41, 5.74) is 0. The second-order valence-electron chi connectivity index (χ2n) is 24.2. The average molecular weight is 1100 g/mol. The monoisotopic (exact) mass is 1100 g/mol. The van der Waals surface area contributed by atoms with Crippen LogP contribution in [0.2, 0.25) is 0 Å². The first-order valence-corrected chi connectivity index (χ1v) is 35.3. The molecular formula is C72H137NO5. The molecule has 0 fully saturated rings. The molecular weight excluding hydrogens is 959 g/mol. The van der Waals surface area contributed by atoms with Gasteiger partial charge in [0.05, 0.1) is 25.4 Å². The Labute approximate surface area is 487 Å². The fraction of sp³-hybridized carbons (Fsp3) is 0.889. The van der Waals surface area contributed by atoms with Gasteiger partial charge in [-0.2, -0.15) is 0 Å². The van der Waals surface area contributed by atoms with Crippen molar-refractivity contribution in [3.05, 3.63) is 36.5 Å². The van der Waals surface area contributed by atoms with Crippen molar-refractivity contribution in [2.24, 2.45) is 0 Å². The summed E-state index contributed by atoms with van der Waals surface area (Å²) in [6.45, 7) is 4.93. The summed E-state index contributed by atoms with van der Waals surface area (Å²) in [6.07, 6.45) is 86.5. The molecule has 0 saturated carbocycles. The third-order valence-corrected chi connectivity index (χ3v) is 16.4. The van der Waals surface area contributed by atoms with E-state index in [0.717, 1.165) is 44.9 Å². The molecule has 0 aromatic heterocycles. The van der Waals surface area contributed by atoms with Crippen molar-refractivity contribution in [2.75, 3.05) is 13.2 Å². The molecule has 3 N–H and O–H groups in total. The van der Waals surface area contributed by atoms with Gasteiger partial charge in [0.25, 0.3) is 0 Å². The Bertz CT molecular complexity index is 1260. The molecule has 0 aliphatic heterocycles. The van der Waals surface area contributed by atoms with Gasteiger partial charge in [0.15, 0.2) is 0 Å². The van der Waals surface area contributed by atoms with Crippen molar-refractivity contribution in [3.8, 4) is 0 Å². The number of aliphatic hydroxyl groups is 2. The number of amides is 1. The minimum atomic E-state index is -0.845. The Morgan fingerprint density at radius 1 is 0.346 bits per heavy atom. The lowest BCUT2D eigenvalue weighted by atomic mass is 10.0. The maximum absolute atomic E-state index is 12.5. The van der Waals surface area contributed by atoms with Gasteiger partial charge in [-0.1, -0.05) is 326 Å². The van der Waals surface area contributed by atoms with Crippen LogP contribution in [0.25, 0.3) is 0 Å². The summed E-state index contributed by atoms with van der Waals surface area (Å²) in [7, 11) is 0. The van der Waals surface area contributed by atoms with Crippen LogP contribution in [0.5, 0.6) is 0 Å². The number of esters is 1. The van der Waals surface area contributed by atoms with Crippen LogP contribution in [0.3, 0.4) is 0 Å². The number of nitrogens with one attached hydrogen (secondary N) is 1. The summed E-state index contributed by atoms with van der Waals surface area (Å²) in [5, 5.41) is 23.2. The summed E-state index contributed by atoms with van der Waals surface area (Å²) in [5.74, 6) is -0.0571. The Kier molecular flexibility index (Phi) is 65.9. The van der Waals surface area contributed by atoms with E-state index in [1.54, 1.807) is 6.08 Å². The van der Waals surface area contributed by atoms with E-state index in [1.807, 2.05) is 6.08 Å². The lowest BCUT2D eigenvalue weighted by Gasteiger charge is -2.20. The topological polar surface area (TPSA) is 95.9 Å². The van der Waals surface area contributed by atoms with Crippen LogP contribution < -0.4 is 5.32 Å². The molecule has 460 valence electrons. The van der Waals surface area contributed by atoms with Crippen LogP contribution in [-0.4, -0.2) is 47.4 Å². The van der Waals surface area contributed by atoms with Crippen LogP contribution in [0.1, 0.15) is 386 Å². The van der Waals surface area contributed by atoms with Crippen molar-refractivity contribution >= 4 is 11.9 Å². The summed E-state index contributed by atoms with van der Waals surface area (Å²) in [4.78, 5) is 24.6. The van der Waals surface area contributed by atoms with E-state index in [-0.39, 0.29) is 18.5 Å². The van der Waals surface area contributed by atoms with Crippen molar-refractivity contribution in [1.29, 1.82) is 0 Å². The first-order chi connectivity index (χ1) is 38.5. The van der Waals surface area contributed by atoms with Crippen molar-refractivity contribution in [1.82, 2.24) is 5.32 Å². The molecule has 2 atom stereocenters. The zero-order chi connectivity index (χ0) is 56.4. The first kappa shape index (κ1) is 76.1. The summed E-state index contributed by atoms with van der Waals surface area (Å²) < 4.78 is 5.49. The van der Waals surface area contributed by atoms with E-state index < -0.39 is 12.1 Å². The maximum Gasteiger partial charge on any atom is 0.305 e. The van der Waals surface area contributed by atoms with Gasteiger partial charge in [-0.15, -0.1) is 0 Å². The lowest BCUT2D eigenvalue weighted by molar-refractivity contribution is -0.143. The van der Waals surface area contributed by atoms with Gasteiger partial charge in [0, 0.05) is 12.8 Å². The fourth-order valence-corrected chi connectivity index (χ4v) is 11.0. The van der Waals surface area contributed by atoms with Crippen molar-refractivity contribution in [3.63, 3.8) is 0 Å². The average Bonchev–Trinajstić information content (AvgIpc) is 3.44. The molecule has 1 amide bonds. The lowest BCUT2D eigenvalue weighted by Crippen LogP contribution is -2.45. The van der Waals surface area contributed by atoms with Crippen LogP contribution in [-0.2, 0) is 14.3 Å². The van der Waals surface area contributed by atoms with Crippen molar-refractivity contribution < 1.29 is 24.5 Å². The number of aliphatic hydroxyl groups excluding tert-OH is 2. The Balaban J connectivity index is 3.40. The number of carbonyl (C=O) groups excluding carboxylic acids is 2. The van der Waals surface area contributed by atoms with Gasteiger partial charge in [-0.25, -0.2) is 0 Å². The SMILES string of the molecule is CCCCCCCC/C=C\CCCCCCCC(=O)OCCCCCCCCCCCCCC/C=C\CCCCCCCCCCCCCCC(=O)NC(CO)C(O)/C=C/CCCCCCCCCCCCCCCCCC. The number of hydrogen-bond donors (Lipinski definition) is 3. The van der Waals surface area contributed by atoms with Gasteiger partial charge in [0.1, 0.15) is 0 Å². The normalized spacial score (nSPS) is 12.7. The molecule has 6 heteroatoms. The van der Waals surface area contributed by atoms with Gasteiger partial charge in [-0.05, 0) is 83.5 Å². The van der Waals surface area contributed by atoms with Gasteiger partial charge in [-0.3, -0.25) is 9.59 Å². The molecule has 0 radical (unpaired) electrons. The van der Waals surface area contributed by atoms with Gasteiger partial charge < -0.3 is 20.3 Å². The van der Waals surface area contributed by atoms with Crippen LogP contribution in [0, 0.1) is 0 Å². The standard InChI is InChI=1S/C72H137NO5/c1-3-5-7-9-11-13-15-17-19-20-33-37-40-44-48-52-56-60-64-70(75)69(68-74)73-71(76)65-61-57-53-49-45-41-38-34-31-29-27-25-23-21-22-24-26-28-30-32-35-39-43-47-51-55-59-63-67-78-72(77)66-62-58-54-50-46-42-36-18-16-14-12-10-8-6-4-2/h18,21-22,36,60,64,69-70,74-75H,3-17,19-20,23-35,37-59,61-63,65-68H2,1-2H3,(H,73,76)/b22-21-,36-18-,64-60+. The largest absolute Gasteiger partial charge is 0.466 e. The quantitative estimate of drug-likeness (QED) is 0.0320. The van der Waals surface area contributed by atoms with Crippen molar-refractivity contribution in [2.45, 2.75) is 398 Å². The maximum atomic E-state index is 12.5. The molecule has 0 heterocycles. The predicted octanol–water partition coefficient (Wildman–Crippen LogP) is 22.7. The Morgan fingerprint density at radius 3 is 0.910 bits per heavy atom. The van der Waals surface area contributed by atoms with E-state index in [2.05, 4.69) is 43.5 Å². The Hall–Kier alpha value is -1.92. The third-order valence-electron chi connectivity index (χ3n) is 16.4. The number of rotatable bonds is 66. The fourth-order valence-electron chi connectivity index (χ4n) is 11.0. The highest BCUT2D eigenvalue weighted by atomic mass is 16.5. The number of hydrogen-bond acceptors (Lipinski definition) is 5. The Morgan fingerprint density at radius 2 is 0.603 bits per heavy atom. The molecule has 6 nitrogen and oxygen atoms in total. The molecule has 78 heavy (non-hydrogen) atoms. The molecule has 2 unspecified atom stereocenters. The molecule has 0 aliphatic rings. The second kappa shape index (κ2) is 67.6. The molecule has 0 rings (SSSR count). The van der Waals surface area contributed by atoms with Gasteiger partial charge in [0.2, 0.25) is 5.91 Å². The predicted molar refractivity (Wildman–Crippen MR) is 343 cm³/mol. The summed E-state index contributed by atoms with van der Waals surface area (Å²) in [6, 6.07) is -0.629. The molecule has 0 aliphatic carbocycles. The molecule has 0 spiro atoms. The minimum Gasteiger partial charge on any atom is -0.466 e. The highest BCUT2D eigenvalue weighted by Crippen LogP contribution is 2.18. The minimum absolute atomic E-state index is 0.00793. The number of carbonyl (C=O) groups is 2. The molecule has 0 bridgehead atoms. The zero-order valence-electron chi connectivity index (χ0n) is 52.7. The number of ether oxygens (including phenoxy) is 1. The highest BCUT2D eigenvalue weighted by molar-refractivity contribution is 5.76. The molecule has 0 aromatic rings. The van der Waals surface area contributed by atoms with Crippen LogP contribution in [0.15, 0.2) is 36.5 Å². The first-order valence-electron chi connectivity index (χ1n) is 35.3. The number of allylic oxidation sites excluding steroid dienone is 5. The highest BCUT2D eigenvalue weighted by Gasteiger charge is 2.18. The smallest absolute Gasteiger partial charge is 0.305 e. The second-order valence-corrected chi connectivity index (χ2v) is 24.2. The molecule has 0 saturated heterocycles. The number of unbranched alkanes of at least 4 members (excludes halogenated alkanes) is 51. The molecule has 0 aromatic carbocycles. The zero-order valence-corrected chi connectivity index (χ0v) is 52.7. The summed E-state index contributed by atoms with van der Waals surface area (Å²) >= 11 is 0. The van der Waals surface area contributed by atoms with Crippen LogP contribution in [0.4, 0.5) is 0 Å². The van der Waals surface area contributed by atoms with E-state index >= 15 is 0 Å². The van der Waals surface area contributed by atoms with Gasteiger partial charge >= 0.3 is 5.97 Å². The van der Waals surface area contributed by atoms with Crippen LogP contribution >= 0.6 is 0 Å². The van der Waals surface area contributed by atoms with E-state index in [1.165, 1.54) is 315 Å². The van der Waals surface area contributed by atoms with E-state index in [0.29, 0.717) is 19.4 Å². The van der Waals surface area contributed by atoms with E-state index in [9.17, 15) is 19.8 Å².